The molecule has 1 unspecified atom stereocenters. The van der Waals surface area contributed by atoms with Gasteiger partial charge >= 0.3 is 0 Å². The maximum absolute atomic E-state index is 9.16. The van der Waals surface area contributed by atoms with Crippen LogP contribution in [0.15, 0.2) is 40.8 Å². The number of hydrogen-bond acceptors (Lipinski definition) is 4. The summed E-state index contributed by atoms with van der Waals surface area (Å²) in [5.74, 6) is 1.53. The largest absolute Gasteiger partial charge is 0.508 e. The molecule has 4 nitrogen and oxygen atoms in total. The van der Waals surface area contributed by atoms with Crippen molar-refractivity contribution in [2.45, 2.75) is 5.92 Å². The van der Waals surface area contributed by atoms with E-state index in [2.05, 4.69) is 0 Å². The van der Waals surface area contributed by atoms with Crippen molar-refractivity contribution in [3.05, 3.63) is 47.4 Å². The summed E-state index contributed by atoms with van der Waals surface area (Å²) in [4.78, 5) is 0. The Labute approximate surface area is 110 Å². The Kier molecular flexibility index (Phi) is 4.12. The quantitative estimate of drug-likeness (QED) is 0.874. The fourth-order valence-electron chi connectivity index (χ4n) is 1.55. The van der Waals surface area contributed by atoms with E-state index >= 15 is 0 Å². The van der Waals surface area contributed by atoms with E-state index in [9.17, 15) is 0 Å². The number of rotatable bonds is 5. The molecule has 0 saturated heterocycles. The van der Waals surface area contributed by atoms with E-state index in [4.69, 9.17) is 31.6 Å². The summed E-state index contributed by atoms with van der Waals surface area (Å²) in [5.41, 5.74) is 5.68. The summed E-state index contributed by atoms with van der Waals surface area (Å²) in [6, 6.07) is 9.99. The number of nitrogens with two attached hydrogens (primary N) is 1. The first-order valence-corrected chi connectivity index (χ1v) is 5.94. The van der Waals surface area contributed by atoms with Crippen LogP contribution in [-0.2, 0) is 0 Å². The van der Waals surface area contributed by atoms with Crippen molar-refractivity contribution in [3.63, 3.8) is 0 Å². The lowest BCUT2D eigenvalue weighted by Crippen LogP contribution is -2.19. The Bertz CT molecular complexity index is 495. The normalized spacial score (nSPS) is 12.3. The molecular formula is C13H14ClNO3. The molecule has 0 fully saturated rings. The molecule has 3 N–H and O–H groups in total. The molecule has 1 aromatic carbocycles. The van der Waals surface area contributed by atoms with Gasteiger partial charge in [-0.3, -0.25) is 0 Å². The zero-order chi connectivity index (χ0) is 13.0. The van der Waals surface area contributed by atoms with Crippen LogP contribution in [0.4, 0.5) is 0 Å². The first-order valence-electron chi connectivity index (χ1n) is 5.56. The molecule has 0 aliphatic rings. The second-order valence-electron chi connectivity index (χ2n) is 3.88. The highest BCUT2D eigenvalue weighted by atomic mass is 35.5. The van der Waals surface area contributed by atoms with Gasteiger partial charge in [0.2, 0.25) is 0 Å². The SMILES string of the molecule is NCC(COc1ccc(O)cc1)c1ccc(Cl)o1. The molecule has 0 aliphatic heterocycles. The van der Waals surface area contributed by atoms with Crippen molar-refractivity contribution >= 4 is 11.6 Å². The molecule has 1 heterocycles. The lowest BCUT2D eigenvalue weighted by Gasteiger charge is -2.13. The number of ether oxygens (including phenoxy) is 1. The summed E-state index contributed by atoms with van der Waals surface area (Å²) < 4.78 is 10.9. The molecule has 0 spiro atoms. The highest BCUT2D eigenvalue weighted by Crippen LogP contribution is 2.23. The summed E-state index contributed by atoms with van der Waals surface area (Å²) in [6.45, 7) is 0.799. The lowest BCUT2D eigenvalue weighted by atomic mass is 10.1. The molecule has 0 aliphatic carbocycles. The van der Waals surface area contributed by atoms with Crippen molar-refractivity contribution in [2.24, 2.45) is 5.73 Å². The van der Waals surface area contributed by atoms with Gasteiger partial charge in [0, 0.05) is 6.54 Å². The van der Waals surface area contributed by atoms with Crippen LogP contribution in [0.25, 0.3) is 0 Å². The molecule has 0 amide bonds. The average molecular weight is 268 g/mol. The highest BCUT2D eigenvalue weighted by molar-refractivity contribution is 6.28. The second-order valence-corrected chi connectivity index (χ2v) is 4.25. The number of phenols is 1. The van der Waals surface area contributed by atoms with Gasteiger partial charge in [0.1, 0.15) is 17.3 Å². The van der Waals surface area contributed by atoms with Gasteiger partial charge in [-0.1, -0.05) is 0 Å². The number of aromatic hydroxyl groups is 1. The first kappa shape index (κ1) is 12.8. The van der Waals surface area contributed by atoms with Crippen LogP contribution in [0.5, 0.6) is 11.5 Å². The maximum Gasteiger partial charge on any atom is 0.193 e. The van der Waals surface area contributed by atoms with Crippen molar-refractivity contribution in [2.75, 3.05) is 13.2 Å². The number of furan rings is 1. The Morgan fingerprint density at radius 3 is 2.50 bits per heavy atom. The Balaban J connectivity index is 1.97. The maximum atomic E-state index is 9.16. The fraction of sp³-hybridized carbons (Fsp3) is 0.231. The van der Waals surface area contributed by atoms with Crippen LogP contribution in [-0.4, -0.2) is 18.3 Å². The molecule has 5 heteroatoms. The lowest BCUT2D eigenvalue weighted by molar-refractivity contribution is 0.272. The third-order valence-electron chi connectivity index (χ3n) is 2.57. The number of phenolic OH excluding ortho intramolecular Hbond substituents is 1. The van der Waals surface area contributed by atoms with E-state index in [0.29, 0.717) is 29.9 Å². The first-order chi connectivity index (χ1) is 8.69. The molecule has 0 radical (unpaired) electrons. The number of halogens is 1. The van der Waals surface area contributed by atoms with Gasteiger partial charge in [0.05, 0.1) is 12.5 Å². The molecule has 2 rings (SSSR count). The number of hydrogen-bond donors (Lipinski definition) is 2. The van der Waals surface area contributed by atoms with Crippen molar-refractivity contribution in [1.82, 2.24) is 0 Å². The molecule has 1 atom stereocenters. The van der Waals surface area contributed by atoms with Crippen LogP contribution in [0.2, 0.25) is 5.22 Å². The zero-order valence-electron chi connectivity index (χ0n) is 9.67. The fourth-order valence-corrected chi connectivity index (χ4v) is 1.71. The van der Waals surface area contributed by atoms with Crippen LogP contribution in [0.1, 0.15) is 11.7 Å². The Hall–Kier alpha value is -1.65. The minimum atomic E-state index is -0.0497. The van der Waals surface area contributed by atoms with E-state index in [1.165, 1.54) is 0 Å². The van der Waals surface area contributed by atoms with Crippen LogP contribution >= 0.6 is 11.6 Å². The van der Waals surface area contributed by atoms with Gasteiger partial charge < -0.3 is 20.0 Å². The molecule has 96 valence electrons. The minimum Gasteiger partial charge on any atom is -0.508 e. The molecule has 2 aromatic rings. The monoisotopic (exact) mass is 267 g/mol. The molecular weight excluding hydrogens is 254 g/mol. The Morgan fingerprint density at radius 2 is 1.94 bits per heavy atom. The smallest absolute Gasteiger partial charge is 0.193 e. The number of benzene rings is 1. The van der Waals surface area contributed by atoms with Gasteiger partial charge in [0.25, 0.3) is 0 Å². The van der Waals surface area contributed by atoms with Gasteiger partial charge in [-0.15, -0.1) is 0 Å². The predicted octanol–water partition coefficient (Wildman–Crippen LogP) is 2.76. The zero-order valence-corrected chi connectivity index (χ0v) is 10.4. The van der Waals surface area contributed by atoms with Crippen molar-refractivity contribution in [3.8, 4) is 11.5 Å². The van der Waals surface area contributed by atoms with Crippen LogP contribution in [0.3, 0.4) is 0 Å². The summed E-state index contributed by atoms with van der Waals surface area (Å²) in [7, 11) is 0. The minimum absolute atomic E-state index is 0.0497. The molecule has 18 heavy (non-hydrogen) atoms. The van der Waals surface area contributed by atoms with Gasteiger partial charge in [0.15, 0.2) is 5.22 Å². The van der Waals surface area contributed by atoms with Gasteiger partial charge in [-0.05, 0) is 48.0 Å². The van der Waals surface area contributed by atoms with E-state index in [1.54, 1.807) is 36.4 Å². The average Bonchev–Trinajstić information content (AvgIpc) is 2.79. The molecule has 0 saturated carbocycles. The third kappa shape index (κ3) is 3.18. The second kappa shape index (κ2) is 5.80. The van der Waals surface area contributed by atoms with Crippen LogP contribution in [0, 0.1) is 0 Å². The molecule has 0 bridgehead atoms. The van der Waals surface area contributed by atoms with E-state index in [1.807, 2.05) is 0 Å². The summed E-state index contributed by atoms with van der Waals surface area (Å²) in [6.07, 6.45) is 0. The van der Waals surface area contributed by atoms with E-state index in [-0.39, 0.29) is 11.7 Å². The third-order valence-corrected chi connectivity index (χ3v) is 2.77. The van der Waals surface area contributed by atoms with Gasteiger partial charge in [-0.2, -0.15) is 0 Å². The standard InChI is InChI=1S/C13H14ClNO3/c14-13-6-5-12(18-13)9(7-15)8-17-11-3-1-10(16)2-4-11/h1-6,9,16H,7-8,15H2. The van der Waals surface area contributed by atoms with Crippen molar-refractivity contribution in [1.29, 1.82) is 0 Å². The Morgan fingerprint density at radius 1 is 1.22 bits per heavy atom. The predicted molar refractivity (Wildman–Crippen MR) is 69.1 cm³/mol. The van der Waals surface area contributed by atoms with E-state index in [0.717, 1.165) is 0 Å². The van der Waals surface area contributed by atoms with Gasteiger partial charge in [-0.25, -0.2) is 0 Å². The summed E-state index contributed by atoms with van der Waals surface area (Å²) in [5, 5.41) is 9.50. The van der Waals surface area contributed by atoms with Crippen molar-refractivity contribution < 1.29 is 14.3 Å². The highest BCUT2D eigenvalue weighted by Gasteiger charge is 2.14. The molecule has 1 aromatic heterocycles. The van der Waals surface area contributed by atoms with Crippen LogP contribution < -0.4 is 10.5 Å². The summed E-state index contributed by atoms with van der Waals surface area (Å²) >= 11 is 5.72. The topological polar surface area (TPSA) is 68.6 Å². The van der Waals surface area contributed by atoms with E-state index < -0.39 is 0 Å².